The number of piperidine rings is 1. The third-order valence-corrected chi connectivity index (χ3v) is 7.80. The minimum atomic E-state index is -0.993. The van der Waals surface area contributed by atoms with Crippen molar-refractivity contribution in [3.05, 3.63) is 63.6 Å². The number of rotatable bonds is 4. The maximum atomic E-state index is 14.9. The van der Waals surface area contributed by atoms with Crippen LogP contribution in [0.3, 0.4) is 0 Å². The summed E-state index contributed by atoms with van der Waals surface area (Å²) in [6, 6.07) is 3.16. The Morgan fingerprint density at radius 1 is 1.24 bits per heavy atom. The highest BCUT2D eigenvalue weighted by molar-refractivity contribution is 8.03. The number of nitrogens with zero attached hydrogens (tertiary/aromatic N) is 3. The molecule has 2 aromatic rings. The average Bonchev–Trinajstić information content (AvgIpc) is 3.39. The third kappa shape index (κ3) is 3.68. The molecule has 11 heteroatoms. The highest BCUT2D eigenvalue weighted by Crippen LogP contribution is 2.52. The molecule has 1 aliphatic carbocycles. The van der Waals surface area contributed by atoms with Crippen LogP contribution in [0.5, 0.6) is 0 Å². The average molecular weight is 489 g/mol. The second-order valence-corrected chi connectivity index (χ2v) is 9.91. The Balaban J connectivity index is 1.71. The molecule has 3 heterocycles. The zero-order chi connectivity index (χ0) is 24.1. The first-order valence-electron chi connectivity index (χ1n) is 11.2. The Bertz CT molecular complexity index is 1170. The molecule has 1 saturated heterocycles. The summed E-state index contributed by atoms with van der Waals surface area (Å²) in [4.78, 5) is 20.7. The first-order valence-corrected chi connectivity index (χ1v) is 12.0. The van der Waals surface area contributed by atoms with Crippen LogP contribution < -0.4 is 27.0 Å². The predicted molar refractivity (Wildman–Crippen MR) is 127 cm³/mol. The lowest BCUT2D eigenvalue weighted by Gasteiger charge is -2.40. The fraction of sp³-hybridized carbons (Fsp3) is 0.391. The van der Waals surface area contributed by atoms with Gasteiger partial charge in [0.25, 0.3) is 5.91 Å². The molecular formula is C23H26F2N6O2S. The smallest absolute Gasteiger partial charge is 0.268 e. The van der Waals surface area contributed by atoms with Crippen LogP contribution in [0.15, 0.2) is 35.1 Å². The minimum Gasteiger partial charge on any atom is -0.392 e. The fourth-order valence-electron chi connectivity index (χ4n) is 5.07. The third-order valence-electron chi connectivity index (χ3n) is 6.68. The number of thioether (sulfide) groups is 1. The van der Waals surface area contributed by atoms with Gasteiger partial charge in [-0.1, -0.05) is 17.8 Å². The normalized spacial score (nSPS) is 24.6. The Kier molecular flexibility index (Phi) is 5.86. The summed E-state index contributed by atoms with van der Waals surface area (Å²) < 4.78 is 29.8. The Morgan fingerprint density at radius 3 is 2.65 bits per heavy atom. The van der Waals surface area contributed by atoms with E-state index in [0.29, 0.717) is 25.2 Å². The van der Waals surface area contributed by atoms with Crippen LogP contribution in [-0.4, -0.2) is 41.2 Å². The molecule has 1 amide bonds. The molecule has 0 bridgehead atoms. The Hall–Kier alpha value is -2.89. The van der Waals surface area contributed by atoms with Crippen molar-refractivity contribution in [2.24, 2.45) is 17.2 Å². The minimum absolute atomic E-state index is 0.0278. The number of halogens is 2. The van der Waals surface area contributed by atoms with E-state index in [9.17, 15) is 18.7 Å². The molecule has 3 atom stereocenters. The Labute approximate surface area is 199 Å². The van der Waals surface area contributed by atoms with Crippen molar-refractivity contribution in [3.63, 3.8) is 0 Å². The number of carbonyl (C=O) groups excluding carboxylic acids is 1. The lowest BCUT2D eigenvalue weighted by atomic mass is 10.00. The summed E-state index contributed by atoms with van der Waals surface area (Å²) >= 11 is 0.967. The SMILES string of the molecule is NC(=O)C1=C(N)SC(c2c(F)cccc2F)N1c1cnc2c(c1N1CCC(O)C(N)C1)CCC2. The molecule has 34 heavy (non-hydrogen) atoms. The van der Waals surface area contributed by atoms with Gasteiger partial charge in [0.15, 0.2) is 0 Å². The molecule has 2 aliphatic heterocycles. The molecule has 0 saturated carbocycles. The summed E-state index contributed by atoms with van der Waals surface area (Å²) in [6.45, 7) is 0.915. The molecule has 5 rings (SSSR count). The van der Waals surface area contributed by atoms with Crippen LogP contribution in [-0.2, 0) is 17.6 Å². The summed E-state index contributed by atoms with van der Waals surface area (Å²) in [5.41, 5.74) is 21.1. The molecule has 3 unspecified atom stereocenters. The van der Waals surface area contributed by atoms with Gasteiger partial charge in [-0.15, -0.1) is 0 Å². The summed E-state index contributed by atoms with van der Waals surface area (Å²) in [7, 11) is 0. The maximum absolute atomic E-state index is 14.9. The monoisotopic (exact) mass is 488 g/mol. The van der Waals surface area contributed by atoms with Gasteiger partial charge in [-0.05, 0) is 43.4 Å². The number of primary amides is 1. The van der Waals surface area contributed by atoms with E-state index in [1.165, 1.54) is 23.1 Å². The van der Waals surface area contributed by atoms with Gasteiger partial charge in [0.05, 0.1) is 34.3 Å². The topological polar surface area (TPSA) is 135 Å². The van der Waals surface area contributed by atoms with Crippen LogP contribution >= 0.6 is 11.8 Å². The number of aryl methyl sites for hydroxylation is 1. The van der Waals surface area contributed by atoms with E-state index in [2.05, 4.69) is 9.88 Å². The summed E-state index contributed by atoms with van der Waals surface area (Å²) in [6.07, 6.45) is 3.97. The second-order valence-electron chi connectivity index (χ2n) is 8.79. The van der Waals surface area contributed by atoms with Crippen molar-refractivity contribution in [2.75, 3.05) is 22.9 Å². The van der Waals surface area contributed by atoms with Crippen molar-refractivity contribution in [3.8, 4) is 0 Å². The zero-order valence-corrected chi connectivity index (χ0v) is 19.2. The number of hydrogen-bond acceptors (Lipinski definition) is 8. The first-order chi connectivity index (χ1) is 16.3. The Morgan fingerprint density at radius 2 is 1.97 bits per heavy atom. The van der Waals surface area contributed by atoms with E-state index in [1.807, 2.05) is 0 Å². The lowest BCUT2D eigenvalue weighted by Crippen LogP contribution is -2.52. The van der Waals surface area contributed by atoms with Crippen LogP contribution in [0.2, 0.25) is 0 Å². The first kappa shape index (κ1) is 22.9. The van der Waals surface area contributed by atoms with E-state index in [1.54, 1.807) is 6.20 Å². The van der Waals surface area contributed by atoms with Gasteiger partial charge in [0.2, 0.25) is 0 Å². The number of aliphatic hydroxyl groups is 1. The highest BCUT2D eigenvalue weighted by Gasteiger charge is 2.42. The molecule has 1 aromatic heterocycles. The van der Waals surface area contributed by atoms with Crippen molar-refractivity contribution in [1.29, 1.82) is 0 Å². The van der Waals surface area contributed by atoms with Gasteiger partial charge in [-0.3, -0.25) is 9.78 Å². The standard InChI is InChI=1S/C23H26F2N6O2S/c24-12-4-2-5-13(25)18(12)23-31(20(21(27)33)22(28)34-23)16-9-29-15-6-1-3-11(15)19(16)30-8-7-17(32)14(26)10-30/h2,4-5,9,14,17,23,32H,1,3,6-8,10,26,28H2,(H2,27,33). The summed E-state index contributed by atoms with van der Waals surface area (Å²) in [5, 5.41) is 9.26. The van der Waals surface area contributed by atoms with Crippen LogP contribution in [0, 0.1) is 11.6 Å². The number of anilines is 2. The number of aliphatic hydroxyl groups excluding tert-OH is 1. The fourth-order valence-corrected chi connectivity index (χ4v) is 6.29. The molecule has 180 valence electrons. The van der Waals surface area contributed by atoms with Crippen molar-refractivity contribution < 1.29 is 18.7 Å². The van der Waals surface area contributed by atoms with E-state index >= 15 is 0 Å². The van der Waals surface area contributed by atoms with E-state index in [4.69, 9.17) is 17.2 Å². The van der Waals surface area contributed by atoms with Gasteiger partial charge in [0, 0.05) is 24.8 Å². The molecule has 7 N–H and O–H groups in total. The van der Waals surface area contributed by atoms with Crippen molar-refractivity contribution >= 4 is 29.0 Å². The molecule has 3 aliphatic rings. The number of benzene rings is 1. The van der Waals surface area contributed by atoms with Crippen molar-refractivity contribution in [2.45, 2.75) is 43.2 Å². The highest BCUT2D eigenvalue weighted by atomic mass is 32.2. The van der Waals surface area contributed by atoms with Crippen LogP contribution in [0.1, 0.15) is 35.0 Å². The molecule has 0 spiro atoms. The summed E-state index contributed by atoms with van der Waals surface area (Å²) in [5.74, 6) is -2.30. The van der Waals surface area contributed by atoms with Gasteiger partial charge in [-0.25, -0.2) is 8.78 Å². The molecule has 8 nitrogen and oxygen atoms in total. The number of amides is 1. The van der Waals surface area contributed by atoms with Gasteiger partial charge < -0.3 is 32.1 Å². The van der Waals surface area contributed by atoms with Gasteiger partial charge in [-0.2, -0.15) is 0 Å². The second kappa shape index (κ2) is 8.71. The van der Waals surface area contributed by atoms with E-state index < -0.39 is 35.1 Å². The molecular weight excluding hydrogens is 462 g/mol. The molecule has 0 radical (unpaired) electrons. The van der Waals surface area contributed by atoms with E-state index in [0.717, 1.165) is 48.0 Å². The number of carbonyl (C=O) groups is 1. The van der Waals surface area contributed by atoms with Crippen LogP contribution in [0.4, 0.5) is 20.2 Å². The predicted octanol–water partition coefficient (Wildman–Crippen LogP) is 1.61. The zero-order valence-electron chi connectivity index (χ0n) is 18.4. The number of hydrogen-bond donors (Lipinski definition) is 4. The van der Waals surface area contributed by atoms with Crippen molar-refractivity contribution in [1.82, 2.24) is 4.98 Å². The largest absolute Gasteiger partial charge is 0.392 e. The number of aromatic nitrogens is 1. The van der Waals surface area contributed by atoms with Gasteiger partial charge in [0.1, 0.15) is 22.7 Å². The molecule has 1 fully saturated rings. The maximum Gasteiger partial charge on any atom is 0.268 e. The van der Waals surface area contributed by atoms with Gasteiger partial charge >= 0.3 is 0 Å². The number of fused-ring (bicyclic) bond motifs is 1. The lowest BCUT2D eigenvalue weighted by molar-refractivity contribution is -0.114. The van der Waals surface area contributed by atoms with Crippen LogP contribution in [0.25, 0.3) is 0 Å². The number of nitrogens with two attached hydrogens (primary N) is 3. The number of pyridine rings is 1. The van der Waals surface area contributed by atoms with E-state index in [-0.39, 0.29) is 16.3 Å². The molecule has 1 aromatic carbocycles. The quantitative estimate of drug-likeness (QED) is 0.510.